The van der Waals surface area contributed by atoms with Gasteiger partial charge in [0, 0.05) is 26.1 Å². The molecule has 0 spiro atoms. The van der Waals surface area contributed by atoms with Crippen molar-refractivity contribution in [2.24, 2.45) is 5.16 Å². The molecule has 0 saturated carbocycles. The first-order valence-electron chi connectivity index (χ1n) is 7.12. The summed E-state index contributed by atoms with van der Waals surface area (Å²) in [5.74, 6) is 0.0499. The number of nitrogens with zero attached hydrogens (tertiary/aromatic N) is 2. The van der Waals surface area contributed by atoms with E-state index in [0.29, 0.717) is 26.1 Å². The van der Waals surface area contributed by atoms with Crippen LogP contribution in [0, 0.1) is 0 Å². The van der Waals surface area contributed by atoms with Crippen molar-refractivity contribution in [3.05, 3.63) is 0 Å². The minimum atomic E-state index is -0.170. The first-order chi connectivity index (χ1) is 9.21. The number of likely N-dealkylation sites (N-methyl/N-ethyl adjacent to an activating group) is 1. The lowest BCUT2D eigenvalue weighted by Gasteiger charge is -2.18. The molecule has 1 fully saturated rings. The molecule has 1 aliphatic heterocycles. The van der Waals surface area contributed by atoms with Gasteiger partial charge in [-0.3, -0.25) is 4.79 Å². The van der Waals surface area contributed by atoms with Crippen molar-refractivity contribution in [2.45, 2.75) is 33.2 Å². The van der Waals surface area contributed by atoms with Gasteiger partial charge < -0.3 is 20.4 Å². The second-order valence-electron chi connectivity index (χ2n) is 4.53. The molecule has 0 radical (unpaired) electrons. The molecule has 1 aliphatic rings. The fourth-order valence-corrected chi connectivity index (χ4v) is 2.03. The first-order valence-corrected chi connectivity index (χ1v) is 7.12. The van der Waals surface area contributed by atoms with Gasteiger partial charge in [-0.15, -0.1) is 0 Å². The maximum absolute atomic E-state index is 11.9. The minimum absolute atomic E-state index is 0.0499. The van der Waals surface area contributed by atoms with Crippen LogP contribution in [0.25, 0.3) is 0 Å². The van der Waals surface area contributed by atoms with Crippen LogP contribution in [0.5, 0.6) is 0 Å². The van der Waals surface area contributed by atoms with Crippen LogP contribution in [0.2, 0.25) is 0 Å². The predicted octanol–water partition coefficient (Wildman–Crippen LogP) is 0.199. The van der Waals surface area contributed by atoms with Gasteiger partial charge in [0.05, 0.1) is 11.8 Å². The first kappa shape index (κ1) is 15.9. The van der Waals surface area contributed by atoms with Gasteiger partial charge in [-0.25, -0.2) is 0 Å². The molecular weight excluding hydrogens is 244 g/mol. The van der Waals surface area contributed by atoms with Crippen LogP contribution in [-0.2, 0) is 9.63 Å². The van der Waals surface area contributed by atoms with Gasteiger partial charge in [-0.05, 0) is 20.0 Å². The second kappa shape index (κ2) is 8.87. The number of nitrogens with one attached hydrogen (secondary N) is 2. The highest BCUT2D eigenvalue weighted by molar-refractivity contribution is 5.96. The van der Waals surface area contributed by atoms with Crippen LogP contribution in [0.3, 0.4) is 0 Å². The topological polar surface area (TPSA) is 66.0 Å². The fourth-order valence-electron chi connectivity index (χ4n) is 2.03. The monoisotopic (exact) mass is 270 g/mol. The second-order valence-corrected chi connectivity index (χ2v) is 4.53. The summed E-state index contributed by atoms with van der Waals surface area (Å²) in [6.07, 6.45) is 0.636. The van der Waals surface area contributed by atoms with Crippen molar-refractivity contribution in [3.63, 3.8) is 0 Å². The summed E-state index contributed by atoms with van der Waals surface area (Å²) in [5.41, 5.74) is 0.908. The molecular formula is C13H26N4O2. The Morgan fingerprint density at radius 2 is 2.21 bits per heavy atom. The van der Waals surface area contributed by atoms with E-state index in [1.165, 1.54) is 0 Å². The summed E-state index contributed by atoms with van der Waals surface area (Å²) in [4.78, 5) is 19.2. The summed E-state index contributed by atoms with van der Waals surface area (Å²) in [5, 5.41) is 10.1. The van der Waals surface area contributed by atoms with Crippen LogP contribution in [-0.4, -0.2) is 61.9 Å². The highest BCUT2D eigenvalue weighted by Crippen LogP contribution is 2.04. The molecule has 0 aromatic heterocycles. The molecule has 19 heavy (non-hydrogen) atoms. The average molecular weight is 270 g/mol. The zero-order valence-corrected chi connectivity index (χ0v) is 12.2. The maximum atomic E-state index is 11.9. The molecule has 110 valence electrons. The Morgan fingerprint density at radius 3 is 2.84 bits per heavy atom. The Labute approximate surface area is 115 Å². The lowest BCUT2D eigenvalue weighted by Crippen LogP contribution is -2.43. The summed E-state index contributed by atoms with van der Waals surface area (Å²) < 4.78 is 0. The van der Waals surface area contributed by atoms with E-state index in [9.17, 15) is 4.79 Å². The van der Waals surface area contributed by atoms with Crippen LogP contribution < -0.4 is 10.6 Å². The molecule has 0 aliphatic carbocycles. The molecule has 1 heterocycles. The number of oxime groups is 1. The van der Waals surface area contributed by atoms with Crippen molar-refractivity contribution in [2.75, 3.05) is 39.3 Å². The van der Waals surface area contributed by atoms with E-state index in [4.69, 9.17) is 4.84 Å². The molecule has 2 N–H and O–H groups in total. The molecule has 1 saturated heterocycles. The van der Waals surface area contributed by atoms with Gasteiger partial charge in [0.2, 0.25) is 5.91 Å². The SMILES string of the molecule is CCON=C1CN[C@H](C(=O)NCCN(CC)CC)C1. The molecule has 6 nitrogen and oxygen atoms in total. The van der Waals surface area contributed by atoms with Crippen molar-refractivity contribution >= 4 is 11.6 Å². The smallest absolute Gasteiger partial charge is 0.237 e. The van der Waals surface area contributed by atoms with E-state index < -0.39 is 0 Å². The quantitative estimate of drug-likeness (QED) is 0.618. The molecule has 0 bridgehead atoms. The molecule has 0 aromatic rings. The molecule has 0 unspecified atom stereocenters. The van der Waals surface area contributed by atoms with E-state index in [1.54, 1.807) is 0 Å². The van der Waals surface area contributed by atoms with Crippen LogP contribution in [0.1, 0.15) is 27.2 Å². The Hall–Kier alpha value is -1.14. The van der Waals surface area contributed by atoms with Gasteiger partial charge in [0.15, 0.2) is 0 Å². The zero-order valence-electron chi connectivity index (χ0n) is 12.2. The predicted molar refractivity (Wildman–Crippen MR) is 76.3 cm³/mol. The number of carbonyl (C=O) groups excluding carboxylic acids is 1. The van der Waals surface area contributed by atoms with Crippen molar-refractivity contribution in [1.29, 1.82) is 0 Å². The number of rotatable bonds is 8. The average Bonchev–Trinajstić information content (AvgIpc) is 2.90. The van der Waals surface area contributed by atoms with Gasteiger partial charge in [-0.1, -0.05) is 19.0 Å². The Kier molecular flexibility index (Phi) is 7.43. The van der Waals surface area contributed by atoms with E-state index >= 15 is 0 Å². The number of hydrogen-bond acceptors (Lipinski definition) is 5. The number of amides is 1. The van der Waals surface area contributed by atoms with Gasteiger partial charge in [0.25, 0.3) is 0 Å². The van der Waals surface area contributed by atoms with Crippen LogP contribution in [0.15, 0.2) is 5.16 Å². The van der Waals surface area contributed by atoms with Gasteiger partial charge in [-0.2, -0.15) is 0 Å². The van der Waals surface area contributed by atoms with E-state index in [1.807, 2.05) is 6.92 Å². The standard InChI is InChI=1S/C13H26N4O2/c1-4-17(5-2)8-7-14-13(18)12-9-11(10-15-12)16-19-6-3/h12,15H,4-10H2,1-3H3,(H,14,18)/t12-/m0/s1. The van der Waals surface area contributed by atoms with E-state index in [0.717, 1.165) is 25.3 Å². The fraction of sp³-hybridized carbons (Fsp3) is 0.846. The molecule has 6 heteroatoms. The van der Waals surface area contributed by atoms with Crippen LogP contribution in [0.4, 0.5) is 0 Å². The normalized spacial score (nSPS) is 21.1. The molecule has 1 atom stereocenters. The van der Waals surface area contributed by atoms with E-state index in [-0.39, 0.29) is 11.9 Å². The largest absolute Gasteiger partial charge is 0.396 e. The summed E-state index contributed by atoms with van der Waals surface area (Å²) >= 11 is 0. The van der Waals surface area contributed by atoms with Crippen molar-refractivity contribution < 1.29 is 9.63 Å². The highest BCUT2D eigenvalue weighted by Gasteiger charge is 2.26. The number of hydrogen-bond donors (Lipinski definition) is 2. The van der Waals surface area contributed by atoms with Crippen LogP contribution >= 0.6 is 0 Å². The van der Waals surface area contributed by atoms with E-state index in [2.05, 4.69) is 34.5 Å². The third kappa shape index (κ3) is 5.57. The third-order valence-corrected chi connectivity index (χ3v) is 3.25. The third-order valence-electron chi connectivity index (χ3n) is 3.25. The Balaban J connectivity index is 2.24. The minimum Gasteiger partial charge on any atom is -0.396 e. The Morgan fingerprint density at radius 1 is 1.47 bits per heavy atom. The highest BCUT2D eigenvalue weighted by atomic mass is 16.6. The lowest BCUT2D eigenvalue weighted by molar-refractivity contribution is -0.122. The van der Waals surface area contributed by atoms with Gasteiger partial charge in [0.1, 0.15) is 6.61 Å². The summed E-state index contributed by atoms with van der Waals surface area (Å²) in [6, 6.07) is -0.170. The molecule has 1 rings (SSSR count). The van der Waals surface area contributed by atoms with Crippen molar-refractivity contribution in [3.8, 4) is 0 Å². The van der Waals surface area contributed by atoms with Crippen molar-refractivity contribution in [1.82, 2.24) is 15.5 Å². The summed E-state index contributed by atoms with van der Waals surface area (Å²) in [7, 11) is 0. The maximum Gasteiger partial charge on any atom is 0.237 e. The summed E-state index contributed by atoms with van der Waals surface area (Å²) in [6.45, 7) is 10.9. The Bertz CT molecular complexity index is 303. The number of carbonyl (C=O) groups is 1. The molecule has 0 aromatic carbocycles. The van der Waals surface area contributed by atoms with Gasteiger partial charge >= 0.3 is 0 Å². The lowest BCUT2D eigenvalue weighted by atomic mass is 10.2. The molecule has 1 amide bonds. The zero-order chi connectivity index (χ0) is 14.1.